The standard InChI is InChI=1S/C19H26ClFN4/c20-16-11-15(21)12-17-19(16)23-18(22-17)13-25-9-7-24(8-10-25)6-5-14-3-1-2-4-14/h11-12,14H,1-10,13H2,(H,22,23). The summed E-state index contributed by atoms with van der Waals surface area (Å²) in [5, 5.41) is 0.370. The van der Waals surface area contributed by atoms with E-state index < -0.39 is 0 Å². The number of nitrogens with one attached hydrogen (secondary N) is 1. The van der Waals surface area contributed by atoms with Crippen molar-refractivity contribution in [2.45, 2.75) is 38.6 Å². The Hall–Kier alpha value is -1.17. The van der Waals surface area contributed by atoms with Crippen molar-refractivity contribution < 1.29 is 4.39 Å². The zero-order chi connectivity index (χ0) is 17.2. The molecule has 4 nitrogen and oxygen atoms in total. The van der Waals surface area contributed by atoms with Gasteiger partial charge in [0.25, 0.3) is 0 Å². The maximum Gasteiger partial charge on any atom is 0.126 e. The van der Waals surface area contributed by atoms with Gasteiger partial charge in [-0.2, -0.15) is 0 Å². The van der Waals surface area contributed by atoms with Crippen LogP contribution in [0.15, 0.2) is 12.1 Å². The summed E-state index contributed by atoms with van der Waals surface area (Å²) in [6.07, 6.45) is 7.12. The van der Waals surface area contributed by atoms with Gasteiger partial charge in [0.2, 0.25) is 0 Å². The molecule has 0 radical (unpaired) electrons. The van der Waals surface area contributed by atoms with E-state index in [4.69, 9.17) is 11.6 Å². The minimum Gasteiger partial charge on any atom is -0.341 e. The second kappa shape index (κ2) is 7.60. The minimum absolute atomic E-state index is 0.330. The molecule has 0 amide bonds. The van der Waals surface area contributed by atoms with Crippen LogP contribution in [0.3, 0.4) is 0 Å². The summed E-state index contributed by atoms with van der Waals surface area (Å²) in [7, 11) is 0. The molecular weight excluding hydrogens is 339 g/mol. The minimum atomic E-state index is -0.330. The zero-order valence-electron chi connectivity index (χ0n) is 14.6. The fourth-order valence-electron chi connectivity index (χ4n) is 4.22. The van der Waals surface area contributed by atoms with Gasteiger partial charge in [-0.3, -0.25) is 4.90 Å². The predicted molar refractivity (Wildman–Crippen MR) is 99.4 cm³/mol. The maximum absolute atomic E-state index is 13.4. The van der Waals surface area contributed by atoms with Crippen LogP contribution in [0.2, 0.25) is 5.02 Å². The van der Waals surface area contributed by atoms with Crippen molar-refractivity contribution in [3.63, 3.8) is 0 Å². The summed E-state index contributed by atoms with van der Waals surface area (Å²) in [6, 6.07) is 2.77. The molecule has 0 bridgehead atoms. The maximum atomic E-state index is 13.4. The highest BCUT2D eigenvalue weighted by atomic mass is 35.5. The molecule has 2 aliphatic rings. The van der Waals surface area contributed by atoms with E-state index in [1.807, 2.05) is 0 Å². The molecule has 0 atom stereocenters. The van der Waals surface area contributed by atoms with E-state index in [1.165, 1.54) is 50.8 Å². The Kier molecular flexibility index (Phi) is 5.25. The number of halogens is 2. The molecule has 2 heterocycles. The fraction of sp³-hybridized carbons (Fsp3) is 0.632. The predicted octanol–water partition coefficient (Wildman–Crippen LogP) is 4.05. The molecule has 1 saturated heterocycles. The number of imidazole rings is 1. The SMILES string of the molecule is Fc1cc(Cl)c2nc(CN3CCN(CCC4CCCC4)CC3)[nH]c2c1. The van der Waals surface area contributed by atoms with Crippen molar-refractivity contribution in [3.8, 4) is 0 Å². The lowest BCUT2D eigenvalue weighted by molar-refractivity contribution is 0.120. The van der Waals surface area contributed by atoms with Gasteiger partial charge in [-0.1, -0.05) is 37.3 Å². The van der Waals surface area contributed by atoms with Gasteiger partial charge in [-0.05, 0) is 31.0 Å². The Morgan fingerprint density at radius 2 is 1.84 bits per heavy atom. The molecule has 1 aromatic heterocycles. The molecule has 1 aliphatic heterocycles. The van der Waals surface area contributed by atoms with Crippen LogP contribution in [0.25, 0.3) is 11.0 Å². The first-order valence-corrected chi connectivity index (χ1v) is 9.83. The molecule has 2 fully saturated rings. The van der Waals surface area contributed by atoms with Crippen LogP contribution < -0.4 is 0 Å². The summed E-state index contributed by atoms with van der Waals surface area (Å²) in [5.74, 6) is 1.50. The lowest BCUT2D eigenvalue weighted by atomic mass is 10.0. The Bertz CT molecular complexity index is 718. The third-order valence-corrected chi connectivity index (χ3v) is 6.01. The van der Waals surface area contributed by atoms with Crippen LogP contribution in [-0.4, -0.2) is 52.5 Å². The number of rotatable bonds is 5. The van der Waals surface area contributed by atoms with E-state index in [0.29, 0.717) is 16.1 Å². The van der Waals surface area contributed by atoms with Gasteiger partial charge >= 0.3 is 0 Å². The van der Waals surface area contributed by atoms with Gasteiger partial charge in [0.05, 0.1) is 17.1 Å². The summed E-state index contributed by atoms with van der Waals surface area (Å²) in [6.45, 7) is 6.39. The van der Waals surface area contributed by atoms with Crippen molar-refractivity contribution in [1.82, 2.24) is 19.8 Å². The van der Waals surface area contributed by atoms with Crippen LogP contribution in [0.5, 0.6) is 0 Å². The van der Waals surface area contributed by atoms with Crippen LogP contribution >= 0.6 is 11.6 Å². The second-order valence-corrected chi connectivity index (χ2v) is 7.93. The first-order chi connectivity index (χ1) is 12.2. The number of hydrogen-bond donors (Lipinski definition) is 1. The van der Waals surface area contributed by atoms with Crippen molar-refractivity contribution >= 4 is 22.6 Å². The fourth-order valence-corrected chi connectivity index (χ4v) is 4.46. The van der Waals surface area contributed by atoms with Crippen LogP contribution in [0.4, 0.5) is 4.39 Å². The average Bonchev–Trinajstić information content (AvgIpc) is 3.23. The largest absolute Gasteiger partial charge is 0.341 e. The molecule has 0 spiro atoms. The number of benzene rings is 1. The lowest BCUT2D eigenvalue weighted by Gasteiger charge is -2.34. The average molecular weight is 365 g/mol. The van der Waals surface area contributed by atoms with Crippen molar-refractivity contribution in [2.24, 2.45) is 5.92 Å². The first-order valence-electron chi connectivity index (χ1n) is 9.46. The van der Waals surface area contributed by atoms with Crippen LogP contribution in [0, 0.1) is 11.7 Å². The number of hydrogen-bond acceptors (Lipinski definition) is 3. The van der Waals surface area contributed by atoms with Crippen molar-refractivity contribution in [2.75, 3.05) is 32.7 Å². The number of H-pyrrole nitrogens is 1. The van der Waals surface area contributed by atoms with E-state index >= 15 is 0 Å². The van der Waals surface area contributed by atoms with E-state index in [-0.39, 0.29) is 5.82 Å². The van der Waals surface area contributed by atoms with Gasteiger partial charge < -0.3 is 9.88 Å². The van der Waals surface area contributed by atoms with Gasteiger partial charge in [-0.25, -0.2) is 9.37 Å². The van der Waals surface area contributed by atoms with Gasteiger partial charge in [0.15, 0.2) is 0 Å². The number of aromatic nitrogens is 2. The Balaban J connectivity index is 1.29. The number of piperazine rings is 1. The molecule has 6 heteroatoms. The third kappa shape index (κ3) is 4.15. The molecule has 1 aliphatic carbocycles. The van der Waals surface area contributed by atoms with Crippen LogP contribution in [-0.2, 0) is 6.54 Å². The lowest BCUT2D eigenvalue weighted by Crippen LogP contribution is -2.46. The first kappa shape index (κ1) is 17.3. The Morgan fingerprint density at radius 1 is 1.12 bits per heavy atom. The number of aromatic amines is 1. The normalized spacial score (nSPS) is 20.7. The van der Waals surface area contributed by atoms with Crippen LogP contribution in [0.1, 0.15) is 37.9 Å². The van der Waals surface area contributed by atoms with E-state index in [2.05, 4.69) is 19.8 Å². The molecule has 2 aromatic rings. The zero-order valence-corrected chi connectivity index (χ0v) is 15.4. The second-order valence-electron chi connectivity index (χ2n) is 7.52. The van der Waals surface area contributed by atoms with Crippen molar-refractivity contribution in [1.29, 1.82) is 0 Å². The summed E-state index contributed by atoms with van der Waals surface area (Å²) >= 11 is 6.08. The van der Waals surface area contributed by atoms with Gasteiger partial charge in [0, 0.05) is 26.2 Å². The topological polar surface area (TPSA) is 35.2 Å². The highest BCUT2D eigenvalue weighted by Crippen LogP contribution is 2.28. The molecular formula is C19H26ClFN4. The molecule has 1 aromatic carbocycles. The monoisotopic (exact) mass is 364 g/mol. The van der Waals surface area contributed by atoms with Gasteiger partial charge in [0.1, 0.15) is 17.2 Å². The summed E-state index contributed by atoms with van der Waals surface area (Å²) < 4.78 is 13.4. The Labute approximate surface area is 153 Å². The molecule has 0 unspecified atom stereocenters. The number of nitrogens with zero attached hydrogens (tertiary/aromatic N) is 3. The highest BCUT2D eigenvalue weighted by molar-refractivity contribution is 6.34. The molecule has 4 rings (SSSR count). The Morgan fingerprint density at radius 3 is 2.60 bits per heavy atom. The molecule has 1 saturated carbocycles. The number of fused-ring (bicyclic) bond motifs is 1. The smallest absolute Gasteiger partial charge is 0.126 e. The molecule has 25 heavy (non-hydrogen) atoms. The summed E-state index contributed by atoms with van der Waals surface area (Å²) in [4.78, 5) is 12.8. The highest BCUT2D eigenvalue weighted by Gasteiger charge is 2.21. The van der Waals surface area contributed by atoms with Crippen molar-refractivity contribution in [3.05, 3.63) is 28.8 Å². The quantitative estimate of drug-likeness (QED) is 0.869. The van der Waals surface area contributed by atoms with E-state index in [1.54, 1.807) is 0 Å². The van der Waals surface area contributed by atoms with Gasteiger partial charge in [-0.15, -0.1) is 0 Å². The summed E-state index contributed by atoms with van der Waals surface area (Å²) in [5.41, 5.74) is 1.34. The van der Waals surface area contributed by atoms with E-state index in [0.717, 1.165) is 44.5 Å². The molecule has 1 N–H and O–H groups in total. The molecule has 136 valence electrons. The third-order valence-electron chi connectivity index (χ3n) is 5.72. The van der Waals surface area contributed by atoms with E-state index in [9.17, 15) is 4.39 Å².